The normalized spacial score (nSPS) is 20.7. The number of nitrogens with two attached hydrogens (primary N) is 1. The maximum Gasteiger partial charge on any atom is 0.233 e. The average molecular weight is 364 g/mol. The largest absolute Gasteiger partial charge is 0.544 e. The molecule has 5 heteroatoms. The van der Waals surface area contributed by atoms with Crippen LogP contribution in [0.2, 0.25) is 0 Å². The monoisotopic (exact) mass is 363 g/mol. The first-order chi connectivity index (χ1) is 12.5. The summed E-state index contributed by atoms with van der Waals surface area (Å²) in [5, 5.41) is 11.1. The van der Waals surface area contributed by atoms with E-state index in [0.29, 0.717) is 5.84 Å². The highest BCUT2D eigenvalue weighted by molar-refractivity contribution is 5.90. The first kappa shape index (κ1) is 22.6. The quantitative estimate of drug-likeness (QED) is 0.356. The van der Waals surface area contributed by atoms with Gasteiger partial charge in [0.1, 0.15) is 18.9 Å². The molecule has 0 bridgehead atoms. The number of hydrogen-bond acceptors (Lipinski definition) is 4. The Labute approximate surface area is 159 Å². The molecule has 1 aliphatic rings. The van der Waals surface area contributed by atoms with Crippen molar-refractivity contribution in [2.45, 2.75) is 90.6 Å². The van der Waals surface area contributed by atoms with E-state index in [1.54, 1.807) is 19.3 Å². The van der Waals surface area contributed by atoms with Crippen LogP contribution >= 0.6 is 0 Å². The highest BCUT2D eigenvalue weighted by atomic mass is 16.4. The van der Waals surface area contributed by atoms with Crippen LogP contribution in [-0.2, 0) is 4.79 Å². The van der Waals surface area contributed by atoms with Gasteiger partial charge >= 0.3 is 0 Å². The van der Waals surface area contributed by atoms with Crippen molar-refractivity contribution >= 4 is 11.8 Å². The molecular formula is C21H37N3O2. The van der Waals surface area contributed by atoms with E-state index >= 15 is 0 Å². The standard InChI is InChI=1S/C21H37N3O2/c1-3-4-5-6-7-8-9-10-11-12-13-14-15-20-23-16-17-24(20,19(2)22)18-21(25)26/h14-17,19H,3-13,18,22H2,1-2H3/b15-14+. The molecule has 5 nitrogen and oxygen atoms in total. The molecule has 0 aromatic carbocycles. The average Bonchev–Trinajstić information content (AvgIpc) is 2.99. The van der Waals surface area contributed by atoms with Gasteiger partial charge in [-0.25, -0.2) is 4.48 Å². The fourth-order valence-electron chi connectivity index (χ4n) is 3.37. The first-order valence-electron chi connectivity index (χ1n) is 10.3. The molecule has 1 rings (SSSR count). The lowest BCUT2D eigenvalue weighted by atomic mass is 10.1. The van der Waals surface area contributed by atoms with Crippen LogP contribution in [0.25, 0.3) is 0 Å². The number of rotatable bonds is 15. The minimum absolute atomic E-state index is 0.0247. The topological polar surface area (TPSA) is 78.5 Å². The van der Waals surface area contributed by atoms with Crippen molar-refractivity contribution in [2.24, 2.45) is 10.7 Å². The summed E-state index contributed by atoms with van der Waals surface area (Å²) in [5.74, 6) is -0.444. The summed E-state index contributed by atoms with van der Waals surface area (Å²) < 4.78 is 0.0247. The maximum absolute atomic E-state index is 11.1. The van der Waals surface area contributed by atoms with Gasteiger partial charge in [0.05, 0.1) is 12.2 Å². The number of carboxylic acid groups (broad SMARTS) is 1. The number of hydrogen-bond donors (Lipinski definition) is 1. The smallest absolute Gasteiger partial charge is 0.233 e. The van der Waals surface area contributed by atoms with E-state index in [2.05, 4.69) is 18.0 Å². The number of aliphatic carboxylic acids is 1. The van der Waals surface area contributed by atoms with Gasteiger partial charge in [-0.05, 0) is 12.8 Å². The van der Waals surface area contributed by atoms with Gasteiger partial charge < -0.3 is 9.90 Å². The predicted molar refractivity (Wildman–Crippen MR) is 106 cm³/mol. The molecule has 2 N–H and O–H groups in total. The Bertz CT molecular complexity index is 497. The number of unbranched alkanes of at least 4 members (excludes halogenated alkanes) is 10. The van der Waals surface area contributed by atoms with Gasteiger partial charge in [0, 0.05) is 13.0 Å². The summed E-state index contributed by atoms with van der Waals surface area (Å²) in [6.07, 6.45) is 21.2. The minimum Gasteiger partial charge on any atom is -0.544 e. The van der Waals surface area contributed by atoms with Crippen LogP contribution < -0.4 is 10.8 Å². The number of aliphatic imine (C=N–C) groups is 1. The summed E-state index contributed by atoms with van der Waals surface area (Å²) >= 11 is 0. The molecule has 0 aromatic heterocycles. The number of quaternary nitrogens is 1. The Morgan fingerprint density at radius 1 is 1.15 bits per heavy atom. The van der Waals surface area contributed by atoms with Crippen LogP contribution in [0.4, 0.5) is 0 Å². The third kappa shape index (κ3) is 7.83. The molecule has 148 valence electrons. The van der Waals surface area contributed by atoms with Gasteiger partial charge in [-0.3, -0.25) is 5.73 Å². The molecular weight excluding hydrogens is 326 g/mol. The number of allylic oxidation sites excluding steroid dienone is 1. The fourth-order valence-corrected chi connectivity index (χ4v) is 3.37. The van der Waals surface area contributed by atoms with Crippen molar-refractivity contribution in [1.29, 1.82) is 0 Å². The molecule has 0 amide bonds. The molecule has 26 heavy (non-hydrogen) atoms. The van der Waals surface area contributed by atoms with E-state index in [0.717, 1.165) is 12.8 Å². The van der Waals surface area contributed by atoms with Gasteiger partial charge in [0.15, 0.2) is 0 Å². The number of nitrogens with zero attached hydrogens (tertiary/aromatic N) is 2. The third-order valence-corrected chi connectivity index (χ3v) is 5.07. The molecule has 1 heterocycles. The highest BCUT2D eigenvalue weighted by Crippen LogP contribution is 2.20. The third-order valence-electron chi connectivity index (χ3n) is 5.07. The van der Waals surface area contributed by atoms with Crippen molar-refractivity contribution in [3.63, 3.8) is 0 Å². The van der Waals surface area contributed by atoms with Gasteiger partial charge in [-0.2, -0.15) is 4.99 Å². The number of carboxylic acids is 1. The second-order valence-electron chi connectivity index (χ2n) is 7.36. The zero-order chi connectivity index (χ0) is 19.3. The molecule has 0 aromatic rings. The molecule has 1 aliphatic heterocycles. The Balaban J connectivity index is 2.20. The molecule has 2 unspecified atom stereocenters. The predicted octanol–water partition coefficient (Wildman–Crippen LogP) is 3.61. The van der Waals surface area contributed by atoms with Crippen molar-refractivity contribution in [3.8, 4) is 0 Å². The molecule has 0 fully saturated rings. The van der Waals surface area contributed by atoms with E-state index in [1.807, 2.05) is 6.08 Å². The summed E-state index contributed by atoms with van der Waals surface area (Å²) in [5.41, 5.74) is 6.02. The Hall–Kier alpha value is -1.46. The van der Waals surface area contributed by atoms with Gasteiger partial charge in [-0.15, -0.1) is 0 Å². The fraction of sp³-hybridized carbons (Fsp3) is 0.714. The Kier molecular flexibility index (Phi) is 11.1. The van der Waals surface area contributed by atoms with Crippen molar-refractivity contribution < 1.29 is 14.4 Å². The van der Waals surface area contributed by atoms with Crippen LogP contribution in [0.5, 0.6) is 0 Å². The van der Waals surface area contributed by atoms with Gasteiger partial charge in [-0.1, -0.05) is 70.8 Å². The molecule has 0 aliphatic carbocycles. The van der Waals surface area contributed by atoms with Crippen molar-refractivity contribution in [2.75, 3.05) is 6.54 Å². The van der Waals surface area contributed by atoms with Crippen LogP contribution in [0.3, 0.4) is 0 Å². The lowest BCUT2D eigenvalue weighted by Gasteiger charge is -2.35. The van der Waals surface area contributed by atoms with Crippen LogP contribution in [-0.4, -0.2) is 29.0 Å². The van der Waals surface area contributed by atoms with E-state index < -0.39 is 5.97 Å². The highest BCUT2D eigenvalue weighted by Gasteiger charge is 2.37. The Morgan fingerprint density at radius 3 is 2.27 bits per heavy atom. The second-order valence-corrected chi connectivity index (χ2v) is 7.36. The summed E-state index contributed by atoms with van der Waals surface area (Å²) in [6, 6.07) is 0. The van der Waals surface area contributed by atoms with Gasteiger partial charge in [0.25, 0.3) is 0 Å². The van der Waals surface area contributed by atoms with Crippen molar-refractivity contribution in [3.05, 3.63) is 24.6 Å². The van der Waals surface area contributed by atoms with Crippen LogP contribution in [0.1, 0.15) is 84.5 Å². The van der Waals surface area contributed by atoms with E-state index in [1.165, 1.54) is 57.8 Å². The minimum atomic E-state index is -1.12. The van der Waals surface area contributed by atoms with E-state index in [-0.39, 0.29) is 17.2 Å². The second kappa shape index (κ2) is 12.8. The lowest BCUT2D eigenvalue weighted by molar-refractivity contribution is -0.805. The molecule has 2 atom stereocenters. The first-order valence-corrected chi connectivity index (χ1v) is 10.3. The molecule has 0 spiro atoms. The van der Waals surface area contributed by atoms with Crippen LogP contribution in [0, 0.1) is 0 Å². The van der Waals surface area contributed by atoms with Gasteiger partial charge in [0.2, 0.25) is 5.84 Å². The SMILES string of the molecule is CCCCCCCCCCCC/C=C/C1=NC=C[N+]1(CC(=O)[O-])C(C)N. The zero-order valence-corrected chi connectivity index (χ0v) is 16.7. The summed E-state index contributed by atoms with van der Waals surface area (Å²) in [4.78, 5) is 15.4. The maximum atomic E-state index is 11.1. The molecule has 0 radical (unpaired) electrons. The molecule has 0 saturated carbocycles. The number of carbonyl (C=O) groups excluding carboxylic acids is 1. The summed E-state index contributed by atoms with van der Waals surface area (Å²) in [6.45, 7) is 3.86. The Morgan fingerprint density at radius 2 is 1.73 bits per heavy atom. The van der Waals surface area contributed by atoms with E-state index in [9.17, 15) is 9.90 Å². The van der Waals surface area contributed by atoms with Crippen LogP contribution in [0.15, 0.2) is 29.5 Å². The van der Waals surface area contributed by atoms with Crippen molar-refractivity contribution in [1.82, 2.24) is 0 Å². The zero-order valence-electron chi connectivity index (χ0n) is 16.7. The number of amidine groups is 1. The van der Waals surface area contributed by atoms with E-state index in [4.69, 9.17) is 5.73 Å². The summed E-state index contributed by atoms with van der Waals surface area (Å²) in [7, 11) is 0. The molecule has 0 saturated heterocycles. The lowest BCUT2D eigenvalue weighted by Crippen LogP contribution is -2.60. The number of carbonyl (C=O) groups is 1.